The zero-order valence-electron chi connectivity index (χ0n) is 17.7. The third-order valence-corrected chi connectivity index (χ3v) is 6.77. The van der Waals surface area contributed by atoms with Crippen LogP contribution in [0.15, 0.2) is 88.6 Å². The molecule has 0 atom stereocenters. The van der Waals surface area contributed by atoms with Gasteiger partial charge in [-0.3, -0.25) is 4.72 Å². The summed E-state index contributed by atoms with van der Waals surface area (Å²) in [6.45, 7) is 0. The number of pyridine rings is 1. The van der Waals surface area contributed by atoms with Gasteiger partial charge in [0.15, 0.2) is 0 Å². The molecule has 0 aliphatic rings. The van der Waals surface area contributed by atoms with Crippen molar-refractivity contribution < 1.29 is 26.4 Å². The second-order valence-electron chi connectivity index (χ2n) is 7.20. The SMILES string of the molecule is O=C(Nc1cccc(C(F)(F)F)c1)Nc1cc(S(=O)(=O)Nc2ccccn2)ccc1-c1ccsc1. The van der Waals surface area contributed by atoms with E-state index >= 15 is 0 Å². The Morgan fingerprint density at radius 2 is 1.77 bits per heavy atom. The number of hydrogen-bond donors (Lipinski definition) is 3. The minimum atomic E-state index is -4.57. The van der Waals surface area contributed by atoms with Crippen LogP contribution in [-0.4, -0.2) is 19.4 Å². The van der Waals surface area contributed by atoms with Gasteiger partial charge < -0.3 is 10.6 Å². The number of nitrogens with zero attached hydrogens (tertiary/aromatic N) is 1. The zero-order valence-corrected chi connectivity index (χ0v) is 19.3. The highest BCUT2D eigenvalue weighted by Gasteiger charge is 2.30. The highest BCUT2D eigenvalue weighted by Crippen LogP contribution is 2.33. The van der Waals surface area contributed by atoms with E-state index in [1.165, 1.54) is 53.9 Å². The van der Waals surface area contributed by atoms with E-state index in [1.54, 1.807) is 18.2 Å². The molecule has 3 N–H and O–H groups in total. The minimum Gasteiger partial charge on any atom is -0.308 e. The van der Waals surface area contributed by atoms with E-state index in [1.807, 2.05) is 10.8 Å². The van der Waals surface area contributed by atoms with Crippen LogP contribution >= 0.6 is 11.3 Å². The molecule has 4 aromatic rings. The topological polar surface area (TPSA) is 100 Å². The monoisotopic (exact) mass is 518 g/mol. The van der Waals surface area contributed by atoms with Crippen LogP contribution in [0.1, 0.15) is 5.56 Å². The molecular weight excluding hydrogens is 501 g/mol. The Hall–Kier alpha value is -3.90. The van der Waals surface area contributed by atoms with Crippen LogP contribution in [0, 0.1) is 0 Å². The van der Waals surface area contributed by atoms with E-state index in [-0.39, 0.29) is 22.1 Å². The smallest absolute Gasteiger partial charge is 0.308 e. The number of halogens is 3. The number of carbonyl (C=O) groups is 1. The molecule has 2 heterocycles. The van der Waals surface area contributed by atoms with Crippen LogP contribution in [0.4, 0.5) is 35.2 Å². The molecule has 0 aliphatic heterocycles. The van der Waals surface area contributed by atoms with E-state index in [0.29, 0.717) is 5.56 Å². The lowest BCUT2D eigenvalue weighted by atomic mass is 10.1. The summed E-state index contributed by atoms with van der Waals surface area (Å²) < 4.78 is 67.0. The van der Waals surface area contributed by atoms with Gasteiger partial charge in [0.2, 0.25) is 0 Å². The Kier molecular flexibility index (Phi) is 6.76. The summed E-state index contributed by atoms with van der Waals surface area (Å²) >= 11 is 1.41. The summed E-state index contributed by atoms with van der Waals surface area (Å²) in [5.41, 5.74) is 0.419. The molecule has 4 rings (SSSR count). The first-order chi connectivity index (χ1) is 16.6. The molecule has 0 aliphatic carbocycles. The van der Waals surface area contributed by atoms with Gasteiger partial charge in [0.05, 0.1) is 16.1 Å². The lowest BCUT2D eigenvalue weighted by Gasteiger charge is -2.15. The molecule has 0 fully saturated rings. The van der Waals surface area contributed by atoms with Gasteiger partial charge in [-0.1, -0.05) is 18.2 Å². The van der Waals surface area contributed by atoms with Crippen molar-refractivity contribution in [1.29, 1.82) is 0 Å². The number of alkyl halides is 3. The Morgan fingerprint density at radius 3 is 2.46 bits per heavy atom. The largest absolute Gasteiger partial charge is 0.416 e. The van der Waals surface area contributed by atoms with Gasteiger partial charge in [0, 0.05) is 17.4 Å². The first-order valence-corrected chi connectivity index (χ1v) is 12.4. The fourth-order valence-corrected chi connectivity index (χ4v) is 4.83. The van der Waals surface area contributed by atoms with Crippen LogP contribution < -0.4 is 15.4 Å². The summed E-state index contributed by atoms with van der Waals surface area (Å²) in [4.78, 5) is 16.4. The van der Waals surface area contributed by atoms with Crippen molar-refractivity contribution in [3.8, 4) is 11.1 Å². The maximum absolute atomic E-state index is 13.0. The molecule has 2 aromatic heterocycles. The van der Waals surface area contributed by atoms with Crippen molar-refractivity contribution in [3.63, 3.8) is 0 Å². The lowest BCUT2D eigenvalue weighted by molar-refractivity contribution is -0.137. The molecule has 12 heteroatoms. The molecule has 0 saturated heterocycles. The number of urea groups is 1. The molecule has 0 radical (unpaired) electrons. The second-order valence-corrected chi connectivity index (χ2v) is 9.66. The molecule has 0 bridgehead atoms. The third kappa shape index (κ3) is 5.97. The molecule has 0 saturated carbocycles. The van der Waals surface area contributed by atoms with Gasteiger partial charge in [0.1, 0.15) is 5.82 Å². The van der Waals surface area contributed by atoms with Crippen molar-refractivity contribution in [2.45, 2.75) is 11.1 Å². The number of hydrogen-bond acceptors (Lipinski definition) is 5. The summed E-state index contributed by atoms with van der Waals surface area (Å²) in [5, 5.41) is 8.52. The van der Waals surface area contributed by atoms with Gasteiger partial charge in [-0.15, -0.1) is 0 Å². The number of benzene rings is 2. The number of carbonyl (C=O) groups excluding carboxylic acids is 1. The maximum Gasteiger partial charge on any atom is 0.416 e. The second kappa shape index (κ2) is 9.76. The summed E-state index contributed by atoms with van der Waals surface area (Å²) in [6.07, 6.45) is -3.13. The Labute approximate surface area is 202 Å². The van der Waals surface area contributed by atoms with Crippen LogP contribution in [0.3, 0.4) is 0 Å². The fraction of sp³-hybridized carbons (Fsp3) is 0.0435. The van der Waals surface area contributed by atoms with Gasteiger partial charge in [-0.2, -0.15) is 24.5 Å². The van der Waals surface area contributed by atoms with Gasteiger partial charge >= 0.3 is 12.2 Å². The Balaban J connectivity index is 1.63. The van der Waals surface area contributed by atoms with Crippen LogP contribution in [0.2, 0.25) is 0 Å². The number of amides is 2. The van der Waals surface area contributed by atoms with E-state index in [9.17, 15) is 26.4 Å². The zero-order chi connectivity index (χ0) is 25.1. The number of rotatable bonds is 6. The highest BCUT2D eigenvalue weighted by molar-refractivity contribution is 7.92. The fourth-order valence-electron chi connectivity index (χ4n) is 3.14. The van der Waals surface area contributed by atoms with Gasteiger partial charge in [-0.25, -0.2) is 18.2 Å². The Bertz CT molecular complexity index is 1440. The number of sulfonamides is 1. The quantitative estimate of drug-likeness (QED) is 0.280. The number of anilines is 3. The van der Waals surface area contributed by atoms with Crippen molar-refractivity contribution in [2.75, 3.05) is 15.4 Å². The molecule has 35 heavy (non-hydrogen) atoms. The average molecular weight is 519 g/mol. The van der Waals surface area contributed by atoms with Crippen molar-refractivity contribution >= 4 is 44.6 Å². The van der Waals surface area contributed by atoms with Crippen LogP contribution in [-0.2, 0) is 16.2 Å². The number of nitrogens with one attached hydrogen (secondary N) is 3. The average Bonchev–Trinajstić information content (AvgIpc) is 3.34. The molecule has 2 aromatic carbocycles. The summed E-state index contributed by atoms with van der Waals surface area (Å²) in [7, 11) is -4.04. The molecule has 2 amide bonds. The first-order valence-electron chi connectivity index (χ1n) is 9.97. The minimum absolute atomic E-state index is 0.0741. The number of aromatic nitrogens is 1. The normalized spacial score (nSPS) is 11.6. The van der Waals surface area contributed by atoms with E-state index < -0.39 is 27.8 Å². The van der Waals surface area contributed by atoms with Gasteiger partial charge in [0.25, 0.3) is 10.0 Å². The Morgan fingerprint density at radius 1 is 0.943 bits per heavy atom. The highest BCUT2D eigenvalue weighted by atomic mass is 32.2. The summed E-state index contributed by atoms with van der Waals surface area (Å²) in [5.74, 6) is 0.117. The lowest BCUT2D eigenvalue weighted by Crippen LogP contribution is -2.21. The maximum atomic E-state index is 13.0. The first kappa shape index (κ1) is 24.2. The van der Waals surface area contributed by atoms with Crippen molar-refractivity contribution in [1.82, 2.24) is 4.98 Å². The van der Waals surface area contributed by atoms with E-state index in [0.717, 1.165) is 17.7 Å². The van der Waals surface area contributed by atoms with Crippen LogP contribution in [0.5, 0.6) is 0 Å². The molecule has 0 spiro atoms. The standard InChI is InChI=1S/C23H17F3N4O3S2/c24-23(25,26)16-4-3-5-17(12-16)28-22(31)29-20-13-18(7-8-19(20)15-9-11-34-14-15)35(32,33)30-21-6-1-2-10-27-21/h1-14H,(H,27,30)(H2,28,29,31). The van der Waals surface area contributed by atoms with E-state index in [2.05, 4.69) is 20.3 Å². The van der Waals surface area contributed by atoms with Gasteiger partial charge in [-0.05, 0) is 64.9 Å². The molecular formula is C23H17F3N4O3S2. The van der Waals surface area contributed by atoms with Crippen molar-refractivity contribution in [2.24, 2.45) is 0 Å². The summed E-state index contributed by atoms with van der Waals surface area (Å²) in [6, 6.07) is 14.1. The molecule has 180 valence electrons. The predicted octanol–water partition coefficient (Wildman–Crippen LogP) is 6.27. The molecule has 7 nitrogen and oxygen atoms in total. The number of thiophene rings is 1. The van der Waals surface area contributed by atoms with Crippen molar-refractivity contribution in [3.05, 3.63) is 89.3 Å². The third-order valence-electron chi connectivity index (χ3n) is 4.73. The predicted molar refractivity (Wildman–Crippen MR) is 129 cm³/mol. The van der Waals surface area contributed by atoms with Crippen LogP contribution in [0.25, 0.3) is 11.1 Å². The molecule has 0 unspecified atom stereocenters. The van der Waals surface area contributed by atoms with E-state index in [4.69, 9.17) is 0 Å².